The van der Waals surface area contributed by atoms with Gasteiger partial charge in [0.25, 0.3) is 0 Å². The fourth-order valence-electron chi connectivity index (χ4n) is 7.13. The van der Waals surface area contributed by atoms with E-state index in [1.165, 1.54) is 24.8 Å². The molecule has 0 radical (unpaired) electrons. The van der Waals surface area contributed by atoms with E-state index in [0.717, 1.165) is 66.0 Å². The number of nitrogens with one attached hydrogen (secondary N) is 1. The maximum absolute atomic E-state index is 13.7. The van der Waals surface area contributed by atoms with Crippen LogP contribution in [-0.2, 0) is 11.2 Å². The van der Waals surface area contributed by atoms with Crippen molar-refractivity contribution in [2.75, 3.05) is 7.11 Å². The van der Waals surface area contributed by atoms with E-state index in [1.54, 1.807) is 7.11 Å². The van der Waals surface area contributed by atoms with Gasteiger partial charge in [-0.15, -0.1) is 0 Å². The van der Waals surface area contributed by atoms with Gasteiger partial charge in [-0.3, -0.25) is 4.79 Å². The second-order valence-electron chi connectivity index (χ2n) is 10.8. The summed E-state index contributed by atoms with van der Waals surface area (Å²) in [6, 6.07) is 4.35. The molecule has 1 heterocycles. The van der Waals surface area contributed by atoms with E-state index in [1.807, 2.05) is 6.08 Å². The van der Waals surface area contributed by atoms with Crippen LogP contribution in [0.5, 0.6) is 5.75 Å². The molecule has 150 valence electrons. The molecule has 1 aromatic carbocycles. The van der Waals surface area contributed by atoms with Gasteiger partial charge in [-0.1, -0.05) is 6.07 Å². The van der Waals surface area contributed by atoms with E-state index in [-0.39, 0.29) is 11.0 Å². The van der Waals surface area contributed by atoms with Crippen LogP contribution in [0.4, 0.5) is 0 Å². The quantitative estimate of drug-likeness (QED) is 0.747. The van der Waals surface area contributed by atoms with Crippen LogP contribution in [0.1, 0.15) is 69.1 Å². The molecule has 4 fully saturated rings. The normalized spacial score (nSPS) is 36.1. The predicted octanol–water partition coefficient (Wildman–Crippen LogP) is 5.05. The van der Waals surface area contributed by atoms with Crippen molar-refractivity contribution in [3.8, 4) is 5.75 Å². The summed E-state index contributed by atoms with van der Waals surface area (Å²) in [5.41, 5.74) is 4.46. The molecule has 4 saturated carbocycles. The molecule has 28 heavy (non-hydrogen) atoms. The number of carbonyl (C=O) groups excluding carboxylic acids is 1. The number of benzene rings is 1. The van der Waals surface area contributed by atoms with Crippen LogP contribution >= 0.6 is 0 Å². The molecule has 0 spiro atoms. The van der Waals surface area contributed by atoms with Crippen molar-refractivity contribution in [3.05, 3.63) is 34.9 Å². The first kappa shape index (κ1) is 18.3. The van der Waals surface area contributed by atoms with Gasteiger partial charge in [0, 0.05) is 28.3 Å². The average Bonchev–Trinajstić information content (AvgIpc) is 2.59. The van der Waals surface area contributed by atoms with Gasteiger partial charge in [-0.25, -0.2) is 0 Å². The van der Waals surface area contributed by atoms with E-state index < -0.39 is 0 Å². The third kappa shape index (κ3) is 2.89. The molecular weight excluding hydrogens is 346 g/mol. The highest BCUT2D eigenvalue weighted by Crippen LogP contribution is 2.60. The van der Waals surface area contributed by atoms with E-state index in [4.69, 9.17) is 4.74 Å². The Labute approximate surface area is 168 Å². The molecular formula is C25H33NO2. The minimum Gasteiger partial charge on any atom is -0.496 e. The van der Waals surface area contributed by atoms with Crippen molar-refractivity contribution in [2.24, 2.45) is 23.2 Å². The Morgan fingerprint density at radius 1 is 1.11 bits per heavy atom. The predicted molar refractivity (Wildman–Crippen MR) is 112 cm³/mol. The van der Waals surface area contributed by atoms with E-state index in [0.29, 0.717) is 5.78 Å². The molecule has 1 aromatic rings. The first-order valence-corrected chi connectivity index (χ1v) is 11.0. The summed E-state index contributed by atoms with van der Waals surface area (Å²) >= 11 is 0. The van der Waals surface area contributed by atoms with Gasteiger partial charge >= 0.3 is 0 Å². The van der Waals surface area contributed by atoms with Crippen LogP contribution < -0.4 is 10.1 Å². The lowest BCUT2D eigenvalue weighted by Crippen LogP contribution is -2.50. The zero-order chi connectivity index (χ0) is 19.7. The van der Waals surface area contributed by atoms with E-state index in [2.05, 4.69) is 38.2 Å². The second kappa shape index (κ2) is 6.11. The van der Waals surface area contributed by atoms with Crippen LogP contribution in [-0.4, -0.2) is 18.4 Å². The van der Waals surface area contributed by atoms with E-state index >= 15 is 0 Å². The number of hydrogen-bond donors (Lipinski definition) is 1. The molecule has 3 heteroatoms. The van der Waals surface area contributed by atoms with Crippen molar-refractivity contribution in [2.45, 2.75) is 71.3 Å². The van der Waals surface area contributed by atoms with Crippen molar-refractivity contribution < 1.29 is 9.53 Å². The SMILES string of the molecule is COc1cc2c(cc1C)CC(C)(C)N/C2=C\C(=O)C12CC3CC(CC(C3)C1)C2. The fraction of sp³-hybridized carbons (Fsp3) is 0.640. The number of methoxy groups -OCH3 is 1. The number of allylic oxidation sites excluding steroid dienone is 1. The minimum absolute atomic E-state index is 0.0540. The number of aryl methyl sites for hydroxylation is 1. The van der Waals surface area contributed by atoms with Crippen LogP contribution in [0, 0.1) is 30.1 Å². The van der Waals surface area contributed by atoms with Crippen molar-refractivity contribution in [1.82, 2.24) is 5.32 Å². The summed E-state index contributed by atoms with van der Waals surface area (Å²) in [6.07, 6.45) is 10.4. The Morgan fingerprint density at radius 2 is 1.71 bits per heavy atom. The largest absolute Gasteiger partial charge is 0.496 e. The highest BCUT2D eigenvalue weighted by molar-refractivity contribution is 6.01. The Morgan fingerprint density at radius 3 is 2.29 bits per heavy atom. The molecule has 4 aliphatic carbocycles. The van der Waals surface area contributed by atoms with Crippen LogP contribution in [0.3, 0.4) is 0 Å². The third-order valence-corrected chi connectivity index (χ3v) is 7.85. The molecule has 5 aliphatic rings. The molecule has 0 amide bonds. The number of rotatable bonds is 3. The lowest BCUT2D eigenvalue weighted by molar-refractivity contribution is -0.138. The summed E-state index contributed by atoms with van der Waals surface area (Å²) in [4.78, 5) is 13.7. The topological polar surface area (TPSA) is 38.3 Å². The molecule has 0 atom stereocenters. The average molecular weight is 380 g/mol. The summed E-state index contributed by atoms with van der Waals surface area (Å²) in [5.74, 6) is 3.64. The van der Waals surface area contributed by atoms with Gasteiger partial charge in [0.05, 0.1) is 7.11 Å². The number of ketones is 1. The summed E-state index contributed by atoms with van der Waals surface area (Å²) in [6.45, 7) is 6.54. The van der Waals surface area contributed by atoms with Crippen LogP contribution in [0.25, 0.3) is 5.70 Å². The first-order valence-electron chi connectivity index (χ1n) is 11.0. The standard InChI is InChI=1S/C25H33NO2/c1-15-5-19-14-24(2,3)26-21(20(19)9-22(15)28-4)10-23(27)25-11-16-6-17(12-25)8-18(7-16)13-25/h5,9-10,16-18,26H,6-8,11-14H2,1-4H3/b21-10-. The third-order valence-electron chi connectivity index (χ3n) is 7.85. The van der Waals surface area contributed by atoms with Crippen molar-refractivity contribution in [3.63, 3.8) is 0 Å². The lowest BCUT2D eigenvalue weighted by Gasteiger charge is -2.55. The lowest BCUT2D eigenvalue weighted by atomic mass is 9.48. The molecule has 3 nitrogen and oxygen atoms in total. The highest BCUT2D eigenvalue weighted by atomic mass is 16.5. The van der Waals surface area contributed by atoms with Crippen molar-refractivity contribution >= 4 is 11.5 Å². The molecule has 0 aromatic heterocycles. The molecule has 1 N–H and O–H groups in total. The zero-order valence-corrected chi connectivity index (χ0v) is 17.7. The number of ether oxygens (including phenoxy) is 1. The number of carbonyl (C=O) groups is 1. The summed E-state index contributed by atoms with van der Waals surface area (Å²) in [5, 5.41) is 3.67. The van der Waals surface area contributed by atoms with Crippen LogP contribution in [0.15, 0.2) is 18.2 Å². The monoisotopic (exact) mass is 379 g/mol. The van der Waals surface area contributed by atoms with Gasteiger partial charge in [-0.05, 0) is 101 Å². The maximum atomic E-state index is 13.7. The number of fused-ring (bicyclic) bond motifs is 1. The van der Waals surface area contributed by atoms with Gasteiger partial charge in [0.15, 0.2) is 5.78 Å². The highest BCUT2D eigenvalue weighted by Gasteiger charge is 2.54. The van der Waals surface area contributed by atoms with Gasteiger partial charge in [0.2, 0.25) is 0 Å². The Kier molecular flexibility index (Phi) is 3.99. The Balaban J connectivity index is 1.54. The fourth-order valence-corrected chi connectivity index (χ4v) is 7.13. The summed E-state index contributed by atoms with van der Waals surface area (Å²) in [7, 11) is 1.72. The van der Waals surface area contributed by atoms with Gasteiger partial charge in [-0.2, -0.15) is 0 Å². The first-order chi connectivity index (χ1) is 13.3. The molecule has 4 bridgehead atoms. The Bertz CT molecular complexity index is 828. The van der Waals surface area contributed by atoms with Crippen molar-refractivity contribution in [1.29, 1.82) is 0 Å². The van der Waals surface area contributed by atoms with Gasteiger partial charge < -0.3 is 10.1 Å². The molecule has 1 aliphatic heterocycles. The van der Waals surface area contributed by atoms with E-state index in [9.17, 15) is 4.79 Å². The number of hydrogen-bond acceptors (Lipinski definition) is 3. The zero-order valence-electron chi connectivity index (χ0n) is 17.7. The second-order valence-corrected chi connectivity index (χ2v) is 10.8. The maximum Gasteiger partial charge on any atom is 0.163 e. The molecule has 6 rings (SSSR count). The summed E-state index contributed by atoms with van der Waals surface area (Å²) < 4.78 is 5.58. The molecule has 0 unspecified atom stereocenters. The minimum atomic E-state index is -0.0834. The van der Waals surface area contributed by atoms with Gasteiger partial charge in [0.1, 0.15) is 5.75 Å². The molecule has 0 saturated heterocycles. The van der Waals surface area contributed by atoms with Crippen LogP contribution in [0.2, 0.25) is 0 Å². The smallest absolute Gasteiger partial charge is 0.163 e. The Hall–Kier alpha value is -1.77.